The third-order valence-corrected chi connectivity index (χ3v) is 7.25. The minimum atomic E-state index is -0.966. The molecule has 0 saturated carbocycles. The molecular weight excluding hydrogens is 480 g/mol. The molecule has 7 heteroatoms. The van der Waals surface area contributed by atoms with Gasteiger partial charge in [-0.3, -0.25) is 14.4 Å². The topological polar surface area (TPSA) is 84.9 Å². The lowest BCUT2D eigenvalue weighted by Crippen LogP contribution is -2.45. The summed E-state index contributed by atoms with van der Waals surface area (Å²) in [7, 11) is 3.26. The van der Waals surface area contributed by atoms with Crippen LogP contribution in [0.1, 0.15) is 52.7 Å². The predicted octanol–water partition coefficient (Wildman–Crippen LogP) is 4.31. The monoisotopic (exact) mass is 514 g/mol. The number of carbonyl (C=O) groups excluding carboxylic acids is 3. The largest absolute Gasteiger partial charge is 0.496 e. The highest BCUT2D eigenvalue weighted by Crippen LogP contribution is 2.48. The number of hydrogen-bond acceptors (Lipinski definition) is 5. The maximum atomic E-state index is 13.6. The van der Waals surface area contributed by atoms with Crippen molar-refractivity contribution in [3.05, 3.63) is 101 Å². The van der Waals surface area contributed by atoms with Crippen molar-refractivity contribution >= 4 is 17.8 Å². The Morgan fingerprint density at radius 2 is 1.66 bits per heavy atom. The first-order valence-electron chi connectivity index (χ1n) is 12.9. The number of esters is 1. The Kier molecular flexibility index (Phi) is 8.46. The van der Waals surface area contributed by atoms with Crippen molar-refractivity contribution in [2.45, 2.75) is 31.1 Å². The summed E-state index contributed by atoms with van der Waals surface area (Å²) in [4.78, 5) is 41.4. The average molecular weight is 515 g/mol. The molecule has 4 rings (SSSR count). The normalized spacial score (nSPS) is 18.1. The zero-order chi connectivity index (χ0) is 27.1. The molecule has 1 N–H and O–H groups in total. The number of para-hydroxylation sites is 1. The molecule has 0 saturated heterocycles. The van der Waals surface area contributed by atoms with Crippen LogP contribution in [0.2, 0.25) is 0 Å². The third-order valence-electron chi connectivity index (χ3n) is 7.25. The van der Waals surface area contributed by atoms with Gasteiger partial charge in [-0.05, 0) is 48.6 Å². The molecule has 0 aliphatic heterocycles. The van der Waals surface area contributed by atoms with Gasteiger partial charge in [0.2, 0.25) is 5.91 Å². The lowest BCUT2D eigenvalue weighted by molar-refractivity contribution is -0.149. The number of benzene rings is 3. The fraction of sp³-hybridized carbons (Fsp3) is 0.323. The Balaban J connectivity index is 1.53. The molecule has 2 atom stereocenters. The van der Waals surface area contributed by atoms with Crippen LogP contribution in [0.3, 0.4) is 0 Å². The van der Waals surface area contributed by atoms with Gasteiger partial charge >= 0.3 is 5.97 Å². The molecule has 0 fully saturated rings. The molecule has 0 heterocycles. The number of nitrogens with zero attached hydrogens (tertiary/aromatic N) is 1. The van der Waals surface area contributed by atoms with Crippen molar-refractivity contribution in [1.82, 2.24) is 10.2 Å². The first-order chi connectivity index (χ1) is 18.4. The molecule has 3 aromatic rings. The smallest absolute Gasteiger partial charge is 0.321 e. The van der Waals surface area contributed by atoms with Gasteiger partial charge in [-0.2, -0.15) is 0 Å². The van der Waals surface area contributed by atoms with Crippen LogP contribution in [-0.4, -0.2) is 56.5 Å². The van der Waals surface area contributed by atoms with Crippen molar-refractivity contribution in [3.8, 4) is 5.75 Å². The van der Waals surface area contributed by atoms with Gasteiger partial charge in [0, 0.05) is 20.1 Å². The number of fused-ring (bicyclic) bond motifs is 1. The molecule has 1 aliphatic rings. The van der Waals surface area contributed by atoms with Gasteiger partial charge in [0.05, 0.1) is 25.2 Å². The van der Waals surface area contributed by atoms with Crippen LogP contribution in [0.4, 0.5) is 0 Å². The van der Waals surface area contributed by atoms with Gasteiger partial charge in [-0.15, -0.1) is 0 Å². The summed E-state index contributed by atoms with van der Waals surface area (Å²) in [6.45, 7) is 2.73. The zero-order valence-corrected chi connectivity index (χ0v) is 22.1. The van der Waals surface area contributed by atoms with Crippen LogP contribution in [0, 0.1) is 0 Å². The highest BCUT2D eigenvalue weighted by Gasteiger charge is 2.49. The predicted molar refractivity (Wildman–Crippen MR) is 145 cm³/mol. The molecule has 7 nitrogen and oxygen atoms in total. The second kappa shape index (κ2) is 11.9. The highest BCUT2D eigenvalue weighted by molar-refractivity contribution is 5.97. The third kappa shape index (κ3) is 5.14. The molecule has 2 amide bonds. The molecule has 0 unspecified atom stereocenters. The van der Waals surface area contributed by atoms with Crippen LogP contribution in [0.15, 0.2) is 78.9 Å². The molecule has 198 valence electrons. The van der Waals surface area contributed by atoms with E-state index in [1.54, 1.807) is 43.1 Å². The molecule has 0 spiro atoms. The Bertz CT molecular complexity index is 1290. The van der Waals surface area contributed by atoms with Crippen LogP contribution in [-0.2, 0) is 19.7 Å². The minimum absolute atomic E-state index is 0.0467. The highest BCUT2D eigenvalue weighted by atomic mass is 16.5. The van der Waals surface area contributed by atoms with Crippen molar-refractivity contribution in [3.63, 3.8) is 0 Å². The number of amides is 2. The Morgan fingerprint density at radius 1 is 0.974 bits per heavy atom. The van der Waals surface area contributed by atoms with Gasteiger partial charge < -0.3 is 19.7 Å². The molecule has 38 heavy (non-hydrogen) atoms. The molecule has 0 radical (unpaired) electrons. The van der Waals surface area contributed by atoms with Crippen LogP contribution >= 0.6 is 0 Å². The van der Waals surface area contributed by atoms with E-state index in [2.05, 4.69) is 5.32 Å². The van der Waals surface area contributed by atoms with Crippen LogP contribution in [0.5, 0.6) is 5.75 Å². The fourth-order valence-electron chi connectivity index (χ4n) is 5.34. The van der Waals surface area contributed by atoms with Crippen LogP contribution in [0.25, 0.3) is 0 Å². The summed E-state index contributed by atoms with van der Waals surface area (Å²) < 4.78 is 10.9. The average Bonchev–Trinajstić information content (AvgIpc) is 2.96. The number of hydrogen-bond donors (Lipinski definition) is 1. The molecule has 3 aromatic carbocycles. The Labute approximate surface area is 223 Å². The summed E-state index contributed by atoms with van der Waals surface area (Å²) in [6.07, 6.45) is 0.961. The first kappa shape index (κ1) is 26.9. The van der Waals surface area contributed by atoms with Gasteiger partial charge in [-0.25, -0.2) is 0 Å². The summed E-state index contributed by atoms with van der Waals surface area (Å²) in [5.41, 5.74) is 2.00. The van der Waals surface area contributed by atoms with Crippen molar-refractivity contribution in [2.24, 2.45) is 0 Å². The van der Waals surface area contributed by atoms with E-state index in [9.17, 15) is 14.4 Å². The number of nitrogens with one attached hydrogen (secondary N) is 1. The first-order valence-corrected chi connectivity index (χ1v) is 12.9. The number of likely N-dealkylation sites (N-methyl/N-ethyl adjacent to an activating group) is 1. The van der Waals surface area contributed by atoms with E-state index in [1.165, 1.54) is 7.11 Å². The number of methoxy groups -OCH3 is 1. The van der Waals surface area contributed by atoms with E-state index in [-0.39, 0.29) is 24.4 Å². The maximum absolute atomic E-state index is 13.6. The van der Waals surface area contributed by atoms with Gasteiger partial charge in [0.1, 0.15) is 11.2 Å². The number of ether oxygens (including phenoxy) is 2. The number of carbonyl (C=O) groups is 3. The molecular formula is C31H34N2O5. The van der Waals surface area contributed by atoms with Gasteiger partial charge in [-0.1, -0.05) is 66.7 Å². The van der Waals surface area contributed by atoms with E-state index in [1.807, 2.05) is 54.6 Å². The summed E-state index contributed by atoms with van der Waals surface area (Å²) in [5, 5.41) is 2.87. The summed E-state index contributed by atoms with van der Waals surface area (Å²) in [5.74, 6) is -0.496. The maximum Gasteiger partial charge on any atom is 0.321 e. The van der Waals surface area contributed by atoms with Crippen molar-refractivity contribution in [2.75, 3.05) is 33.9 Å². The summed E-state index contributed by atoms with van der Waals surface area (Å²) >= 11 is 0. The zero-order valence-electron chi connectivity index (χ0n) is 22.1. The molecule has 0 aromatic heterocycles. The lowest BCUT2D eigenvalue weighted by atomic mass is 9.63. The second-order valence-corrected chi connectivity index (χ2v) is 9.39. The van der Waals surface area contributed by atoms with Crippen LogP contribution < -0.4 is 10.1 Å². The molecule has 1 aliphatic carbocycles. The van der Waals surface area contributed by atoms with Gasteiger partial charge in [0.25, 0.3) is 5.91 Å². The van der Waals surface area contributed by atoms with E-state index < -0.39 is 11.3 Å². The lowest BCUT2D eigenvalue weighted by Gasteiger charge is -2.40. The van der Waals surface area contributed by atoms with E-state index in [0.717, 1.165) is 16.7 Å². The van der Waals surface area contributed by atoms with E-state index in [4.69, 9.17) is 9.47 Å². The minimum Gasteiger partial charge on any atom is -0.496 e. The van der Waals surface area contributed by atoms with E-state index >= 15 is 0 Å². The molecule has 0 bridgehead atoms. The Hall–Kier alpha value is -4.13. The quantitative estimate of drug-likeness (QED) is 0.430. The standard InChI is InChI=1S/C31H34N2O5/c1-4-38-30(36)31(22-12-6-5-7-13-22)19-18-24(23-14-8-10-16-26(23)31)29(35)33(2)21-20-32-28(34)25-15-9-11-17-27(25)37-3/h5-17,24H,4,18-21H2,1-3H3,(H,32,34)/t24-,31+/m1/s1. The van der Waals surface area contributed by atoms with Gasteiger partial charge in [0.15, 0.2) is 0 Å². The fourth-order valence-corrected chi connectivity index (χ4v) is 5.34. The SMILES string of the molecule is CCOC(=O)[C@]1(c2ccccc2)CC[C@@H](C(=O)N(C)CCNC(=O)c2ccccc2OC)c2ccccc21. The van der Waals surface area contributed by atoms with Crippen molar-refractivity contribution in [1.29, 1.82) is 0 Å². The Morgan fingerprint density at radius 3 is 2.39 bits per heavy atom. The summed E-state index contributed by atoms with van der Waals surface area (Å²) in [6, 6.07) is 24.4. The van der Waals surface area contributed by atoms with E-state index in [0.29, 0.717) is 37.2 Å². The second-order valence-electron chi connectivity index (χ2n) is 9.39. The number of rotatable bonds is 9. The van der Waals surface area contributed by atoms with Crippen molar-refractivity contribution < 1.29 is 23.9 Å².